The molecule has 0 fully saturated rings. The van der Waals surface area contributed by atoms with Crippen LogP contribution < -0.4 is 15.5 Å². The van der Waals surface area contributed by atoms with Crippen LogP contribution in [-0.2, 0) is 9.59 Å². The van der Waals surface area contributed by atoms with Crippen molar-refractivity contribution in [1.82, 2.24) is 0 Å². The van der Waals surface area contributed by atoms with Gasteiger partial charge in [-0.05, 0) is 36.4 Å². The van der Waals surface area contributed by atoms with Crippen LogP contribution in [0.15, 0.2) is 72.8 Å². The van der Waals surface area contributed by atoms with Crippen LogP contribution in [0.3, 0.4) is 0 Å². The van der Waals surface area contributed by atoms with Crippen LogP contribution in [0.5, 0.6) is 0 Å². The highest BCUT2D eigenvalue weighted by Crippen LogP contribution is 2.34. The highest BCUT2D eigenvalue weighted by Gasteiger charge is 2.38. The minimum Gasteiger partial charge on any atom is -0.326 e. The number of nitrogens with zero attached hydrogens (tertiary/aromatic N) is 2. The Morgan fingerprint density at radius 1 is 1.06 bits per heavy atom. The molecule has 33 heavy (non-hydrogen) atoms. The van der Waals surface area contributed by atoms with E-state index in [4.69, 9.17) is 11.6 Å². The van der Waals surface area contributed by atoms with Gasteiger partial charge in [-0.15, -0.1) is 0 Å². The third kappa shape index (κ3) is 4.68. The van der Waals surface area contributed by atoms with E-state index >= 15 is 0 Å². The van der Waals surface area contributed by atoms with Gasteiger partial charge in [0.1, 0.15) is 6.04 Å². The normalized spacial score (nSPS) is 14.8. The molecule has 3 amide bonds. The highest BCUT2D eigenvalue weighted by atomic mass is 35.5. The van der Waals surface area contributed by atoms with E-state index in [1.165, 1.54) is 23.1 Å². The van der Waals surface area contributed by atoms with Crippen molar-refractivity contribution < 1.29 is 19.3 Å². The summed E-state index contributed by atoms with van der Waals surface area (Å²) in [5.41, 5.74) is 0.988. The first-order valence-corrected chi connectivity index (χ1v) is 10.2. The van der Waals surface area contributed by atoms with Gasteiger partial charge >= 0.3 is 0 Å². The summed E-state index contributed by atoms with van der Waals surface area (Å²) in [5, 5.41) is 17.0. The van der Waals surface area contributed by atoms with Gasteiger partial charge in [-0.3, -0.25) is 29.4 Å². The molecule has 1 heterocycles. The number of carbonyl (C=O) groups excluding carboxylic acids is 3. The van der Waals surface area contributed by atoms with Crippen LogP contribution in [0.4, 0.5) is 22.7 Å². The standard InChI is InChI=1S/C23H17ClN4O5/c24-15-6-4-7-16(12-15)25-21(29)13-20-22(30)26-18-9-1-2-10-19(18)27(20)23(31)14-5-3-8-17(11-14)28(32)33/h1-12,20H,13H2,(H,25,29)(H,26,30)/t20-/m0/s1. The first kappa shape index (κ1) is 22.0. The van der Waals surface area contributed by atoms with Crippen molar-refractivity contribution >= 4 is 52.1 Å². The van der Waals surface area contributed by atoms with Gasteiger partial charge in [0, 0.05) is 28.4 Å². The van der Waals surface area contributed by atoms with Gasteiger partial charge in [0.05, 0.1) is 22.7 Å². The Balaban J connectivity index is 1.68. The number of nitro groups is 1. The topological polar surface area (TPSA) is 122 Å². The summed E-state index contributed by atoms with van der Waals surface area (Å²) in [4.78, 5) is 50.8. The predicted octanol–water partition coefficient (Wildman–Crippen LogP) is 4.24. The first-order chi connectivity index (χ1) is 15.8. The second-order valence-corrected chi connectivity index (χ2v) is 7.70. The summed E-state index contributed by atoms with van der Waals surface area (Å²) >= 11 is 5.95. The molecule has 10 heteroatoms. The second-order valence-electron chi connectivity index (χ2n) is 7.27. The van der Waals surface area contributed by atoms with Crippen molar-refractivity contribution in [2.45, 2.75) is 12.5 Å². The van der Waals surface area contributed by atoms with Crippen molar-refractivity contribution in [1.29, 1.82) is 0 Å². The fourth-order valence-corrected chi connectivity index (χ4v) is 3.76. The fraction of sp³-hybridized carbons (Fsp3) is 0.0870. The number of para-hydroxylation sites is 2. The number of anilines is 3. The molecule has 1 aliphatic heterocycles. The number of rotatable bonds is 5. The number of nitro benzene ring substituents is 1. The van der Waals surface area contributed by atoms with E-state index in [2.05, 4.69) is 10.6 Å². The highest BCUT2D eigenvalue weighted by molar-refractivity contribution is 6.31. The van der Waals surface area contributed by atoms with E-state index in [9.17, 15) is 24.5 Å². The molecular formula is C23H17ClN4O5. The molecule has 9 nitrogen and oxygen atoms in total. The SMILES string of the molecule is O=C(C[C@H]1C(=O)Nc2ccccc2N1C(=O)c1cccc([N+](=O)[O-])c1)Nc1cccc(Cl)c1. The zero-order valence-electron chi connectivity index (χ0n) is 17.0. The molecule has 0 unspecified atom stereocenters. The molecule has 3 aromatic carbocycles. The van der Waals surface area contributed by atoms with Crippen LogP contribution in [0.2, 0.25) is 5.02 Å². The Bertz CT molecular complexity index is 1280. The molecule has 0 spiro atoms. The minimum absolute atomic E-state index is 0.0222. The Kier molecular flexibility index (Phi) is 6.05. The van der Waals surface area contributed by atoms with Gasteiger partial charge in [-0.2, -0.15) is 0 Å². The third-order valence-corrected chi connectivity index (χ3v) is 5.28. The summed E-state index contributed by atoms with van der Waals surface area (Å²) < 4.78 is 0. The predicted molar refractivity (Wildman–Crippen MR) is 123 cm³/mol. The molecule has 0 aromatic heterocycles. The van der Waals surface area contributed by atoms with Crippen molar-refractivity contribution in [3.05, 3.63) is 93.5 Å². The average Bonchev–Trinajstić information content (AvgIpc) is 2.79. The molecule has 0 radical (unpaired) electrons. The third-order valence-electron chi connectivity index (χ3n) is 5.05. The van der Waals surface area contributed by atoms with Crippen LogP contribution in [-0.4, -0.2) is 28.7 Å². The van der Waals surface area contributed by atoms with Crippen molar-refractivity contribution in [3.8, 4) is 0 Å². The second kappa shape index (κ2) is 9.09. The summed E-state index contributed by atoms with van der Waals surface area (Å²) in [7, 11) is 0. The molecule has 0 bridgehead atoms. The maximum Gasteiger partial charge on any atom is 0.270 e. The molecule has 4 rings (SSSR count). The van der Waals surface area contributed by atoms with Gasteiger partial charge < -0.3 is 10.6 Å². The Morgan fingerprint density at radius 2 is 1.82 bits per heavy atom. The van der Waals surface area contributed by atoms with Crippen LogP contribution in [0.25, 0.3) is 0 Å². The van der Waals surface area contributed by atoms with E-state index in [1.807, 2.05) is 0 Å². The molecule has 0 saturated carbocycles. The number of halogens is 1. The van der Waals surface area contributed by atoms with E-state index in [1.54, 1.807) is 48.5 Å². The quantitative estimate of drug-likeness (QED) is 0.432. The van der Waals surface area contributed by atoms with E-state index < -0.39 is 28.7 Å². The lowest BCUT2D eigenvalue weighted by atomic mass is 10.0. The molecule has 2 N–H and O–H groups in total. The monoisotopic (exact) mass is 464 g/mol. The maximum absolute atomic E-state index is 13.5. The largest absolute Gasteiger partial charge is 0.326 e. The number of benzene rings is 3. The summed E-state index contributed by atoms with van der Waals surface area (Å²) in [6, 6.07) is 17.2. The summed E-state index contributed by atoms with van der Waals surface area (Å²) in [6.07, 6.45) is -0.340. The first-order valence-electron chi connectivity index (χ1n) is 9.87. The number of hydrogen-bond acceptors (Lipinski definition) is 5. The fourth-order valence-electron chi connectivity index (χ4n) is 3.57. The molecule has 3 aromatic rings. The van der Waals surface area contributed by atoms with E-state index in [-0.39, 0.29) is 17.7 Å². The minimum atomic E-state index is -1.18. The number of non-ortho nitro benzene ring substituents is 1. The molecule has 0 aliphatic carbocycles. The van der Waals surface area contributed by atoms with Crippen molar-refractivity contribution in [2.24, 2.45) is 0 Å². The zero-order valence-corrected chi connectivity index (χ0v) is 17.8. The van der Waals surface area contributed by atoms with Crippen LogP contribution >= 0.6 is 11.6 Å². The Hall–Kier alpha value is -4.24. The van der Waals surface area contributed by atoms with Crippen LogP contribution in [0.1, 0.15) is 16.8 Å². The Labute approximate surface area is 193 Å². The summed E-state index contributed by atoms with van der Waals surface area (Å²) in [6.45, 7) is 0. The molecule has 1 atom stereocenters. The van der Waals surface area contributed by atoms with Gasteiger partial charge in [0.2, 0.25) is 11.8 Å². The van der Waals surface area contributed by atoms with E-state index in [0.29, 0.717) is 22.1 Å². The number of amides is 3. The molecular weight excluding hydrogens is 448 g/mol. The van der Waals surface area contributed by atoms with Crippen molar-refractivity contribution in [2.75, 3.05) is 15.5 Å². The molecule has 1 aliphatic rings. The smallest absolute Gasteiger partial charge is 0.270 e. The number of nitrogens with one attached hydrogen (secondary N) is 2. The number of carbonyl (C=O) groups is 3. The lowest BCUT2D eigenvalue weighted by molar-refractivity contribution is -0.384. The number of fused-ring (bicyclic) bond motifs is 1. The van der Waals surface area contributed by atoms with Gasteiger partial charge in [-0.1, -0.05) is 35.9 Å². The van der Waals surface area contributed by atoms with Gasteiger partial charge in [-0.25, -0.2) is 0 Å². The van der Waals surface area contributed by atoms with Gasteiger partial charge in [0.25, 0.3) is 11.6 Å². The number of hydrogen-bond donors (Lipinski definition) is 2. The van der Waals surface area contributed by atoms with Gasteiger partial charge in [0.15, 0.2) is 0 Å². The van der Waals surface area contributed by atoms with Crippen LogP contribution in [0, 0.1) is 10.1 Å². The summed E-state index contributed by atoms with van der Waals surface area (Å²) in [5.74, 6) is -1.69. The zero-order chi connectivity index (χ0) is 23.5. The molecule has 0 saturated heterocycles. The Morgan fingerprint density at radius 3 is 2.58 bits per heavy atom. The maximum atomic E-state index is 13.5. The lowest BCUT2D eigenvalue weighted by Crippen LogP contribution is -2.52. The van der Waals surface area contributed by atoms with E-state index in [0.717, 1.165) is 6.07 Å². The average molecular weight is 465 g/mol. The molecule has 166 valence electrons. The lowest BCUT2D eigenvalue weighted by Gasteiger charge is -2.36. The van der Waals surface area contributed by atoms with Crippen molar-refractivity contribution in [3.63, 3.8) is 0 Å².